The number of aryl methyl sites for hydroxylation is 1. The Bertz CT molecular complexity index is 1000. The Morgan fingerprint density at radius 3 is 2.33 bits per heavy atom. The third-order valence-electron chi connectivity index (χ3n) is 5.57. The molecule has 0 saturated carbocycles. The summed E-state index contributed by atoms with van der Waals surface area (Å²) in [6.45, 7) is 6.76. The van der Waals surface area contributed by atoms with Crippen molar-refractivity contribution < 1.29 is 8.78 Å². The van der Waals surface area contributed by atoms with E-state index in [1.807, 2.05) is 69.3 Å². The summed E-state index contributed by atoms with van der Waals surface area (Å²) in [7, 11) is 0. The molecule has 1 aliphatic heterocycles. The quantitative estimate of drug-likeness (QED) is 0.525. The highest BCUT2D eigenvalue weighted by atomic mass is 19.3. The lowest BCUT2D eigenvalue weighted by molar-refractivity contribution is 0.152. The topological polar surface area (TPSA) is 12.0 Å². The van der Waals surface area contributed by atoms with Crippen molar-refractivity contribution in [3.8, 4) is 22.3 Å². The molecule has 3 aromatic rings. The maximum atomic E-state index is 14.5. The number of alkyl halides is 2. The predicted octanol–water partition coefficient (Wildman–Crippen LogP) is 7.06. The van der Waals surface area contributed by atoms with Crippen molar-refractivity contribution in [1.82, 2.24) is 0 Å². The molecular weight excluding hydrogens is 340 g/mol. The molecule has 1 aliphatic rings. The first-order chi connectivity index (χ1) is 13.0. The molecule has 0 aromatic heterocycles. The Kier molecular flexibility index (Phi) is 4.47. The largest absolute Gasteiger partial charge is 0.380 e. The Hall–Kier alpha value is -2.68. The van der Waals surface area contributed by atoms with Crippen LogP contribution < -0.4 is 5.32 Å². The smallest absolute Gasteiger partial charge is 0.265 e. The van der Waals surface area contributed by atoms with Crippen LogP contribution in [0.15, 0.2) is 48.5 Å². The van der Waals surface area contributed by atoms with Crippen LogP contribution in [0, 0.1) is 13.8 Å². The average molecular weight is 363 g/mol. The zero-order valence-electron chi connectivity index (χ0n) is 15.9. The number of fused-ring (bicyclic) bond motifs is 3. The molecule has 0 spiro atoms. The summed E-state index contributed by atoms with van der Waals surface area (Å²) in [5.41, 5.74) is 8.40. The van der Waals surface area contributed by atoms with E-state index in [2.05, 4.69) is 5.32 Å². The lowest BCUT2D eigenvalue weighted by atomic mass is 9.80. The van der Waals surface area contributed by atoms with Crippen LogP contribution in [-0.4, -0.2) is 0 Å². The average Bonchev–Trinajstić information content (AvgIpc) is 2.68. The number of nitrogens with one attached hydrogen (secondary N) is 1. The molecule has 0 aliphatic carbocycles. The minimum Gasteiger partial charge on any atom is -0.380 e. The molecule has 138 valence electrons. The zero-order chi connectivity index (χ0) is 19.1. The second-order valence-corrected chi connectivity index (χ2v) is 7.17. The van der Waals surface area contributed by atoms with Gasteiger partial charge in [0.2, 0.25) is 0 Å². The molecule has 1 nitrogen and oxygen atoms in total. The number of hydrogen-bond acceptors (Lipinski definition) is 1. The summed E-state index contributed by atoms with van der Waals surface area (Å²) >= 11 is 0. The fourth-order valence-electron chi connectivity index (χ4n) is 4.26. The molecule has 4 rings (SSSR count). The van der Waals surface area contributed by atoms with Gasteiger partial charge in [0.1, 0.15) is 0 Å². The number of halogens is 2. The van der Waals surface area contributed by atoms with Crippen molar-refractivity contribution in [3.63, 3.8) is 0 Å². The molecule has 0 atom stereocenters. The molecule has 27 heavy (non-hydrogen) atoms. The summed E-state index contributed by atoms with van der Waals surface area (Å²) in [6.07, 6.45) is -1.83. The van der Waals surface area contributed by atoms with Gasteiger partial charge in [-0.2, -0.15) is 0 Å². The van der Waals surface area contributed by atoms with Crippen molar-refractivity contribution in [2.75, 3.05) is 5.32 Å². The first-order valence-corrected chi connectivity index (χ1v) is 9.39. The summed E-state index contributed by atoms with van der Waals surface area (Å²) < 4.78 is 29.0. The van der Waals surface area contributed by atoms with E-state index in [0.717, 1.165) is 39.1 Å². The maximum Gasteiger partial charge on any atom is 0.265 e. The molecule has 0 unspecified atom stereocenters. The van der Waals surface area contributed by atoms with Crippen LogP contribution in [0.4, 0.5) is 14.5 Å². The van der Waals surface area contributed by atoms with Crippen LogP contribution in [0.2, 0.25) is 0 Å². The SMILES string of the molecule is CCc1c(C)c2c(c(C(F)F)c1-c1ccc(C)cc1)-c1ccccc1CN2. The fourth-order valence-corrected chi connectivity index (χ4v) is 4.26. The minimum atomic E-state index is -2.55. The summed E-state index contributed by atoms with van der Waals surface area (Å²) in [5.74, 6) is 0. The number of rotatable bonds is 3. The van der Waals surface area contributed by atoms with Gasteiger partial charge < -0.3 is 5.32 Å². The minimum absolute atomic E-state index is 0.149. The van der Waals surface area contributed by atoms with Crippen LogP contribution >= 0.6 is 0 Å². The molecule has 0 fully saturated rings. The Labute approximate surface area is 159 Å². The van der Waals surface area contributed by atoms with Crippen molar-refractivity contribution in [2.24, 2.45) is 0 Å². The second kappa shape index (κ2) is 6.80. The molecule has 0 radical (unpaired) electrons. The van der Waals surface area contributed by atoms with E-state index in [4.69, 9.17) is 0 Å². The molecule has 1 N–H and O–H groups in total. The molecule has 0 saturated heterocycles. The predicted molar refractivity (Wildman–Crippen MR) is 108 cm³/mol. The monoisotopic (exact) mass is 363 g/mol. The van der Waals surface area contributed by atoms with Gasteiger partial charge in [0.15, 0.2) is 0 Å². The lowest BCUT2D eigenvalue weighted by Gasteiger charge is -2.30. The Balaban J connectivity index is 2.14. The van der Waals surface area contributed by atoms with E-state index < -0.39 is 6.43 Å². The summed E-state index contributed by atoms with van der Waals surface area (Å²) in [4.78, 5) is 0. The van der Waals surface area contributed by atoms with Gasteiger partial charge in [-0.15, -0.1) is 0 Å². The molecule has 0 bridgehead atoms. The highest BCUT2D eigenvalue weighted by molar-refractivity contribution is 5.94. The van der Waals surface area contributed by atoms with Gasteiger partial charge >= 0.3 is 0 Å². The van der Waals surface area contributed by atoms with Crippen LogP contribution in [0.1, 0.15) is 41.2 Å². The van der Waals surface area contributed by atoms with Gasteiger partial charge in [0.25, 0.3) is 6.43 Å². The molecule has 0 amide bonds. The fraction of sp³-hybridized carbons (Fsp3) is 0.250. The van der Waals surface area contributed by atoms with E-state index >= 15 is 0 Å². The van der Waals surface area contributed by atoms with E-state index in [9.17, 15) is 8.78 Å². The van der Waals surface area contributed by atoms with Crippen molar-refractivity contribution >= 4 is 5.69 Å². The maximum absolute atomic E-state index is 14.5. The van der Waals surface area contributed by atoms with Crippen LogP contribution in [0.5, 0.6) is 0 Å². The second-order valence-electron chi connectivity index (χ2n) is 7.17. The van der Waals surface area contributed by atoms with Gasteiger partial charge in [0, 0.05) is 23.4 Å². The highest BCUT2D eigenvalue weighted by Crippen LogP contribution is 2.49. The van der Waals surface area contributed by atoms with E-state index in [1.54, 1.807) is 0 Å². The van der Waals surface area contributed by atoms with Gasteiger partial charge in [-0.1, -0.05) is 61.0 Å². The van der Waals surface area contributed by atoms with E-state index in [-0.39, 0.29) is 5.56 Å². The summed E-state index contributed by atoms with van der Waals surface area (Å²) in [6, 6.07) is 15.8. The first-order valence-electron chi connectivity index (χ1n) is 9.39. The van der Waals surface area contributed by atoms with Crippen LogP contribution in [-0.2, 0) is 13.0 Å². The first kappa shape index (κ1) is 17.7. The molecular formula is C24H23F2N. The summed E-state index contributed by atoms with van der Waals surface area (Å²) in [5, 5.41) is 3.41. The lowest BCUT2D eigenvalue weighted by Crippen LogP contribution is -2.15. The third-order valence-corrected chi connectivity index (χ3v) is 5.57. The van der Waals surface area contributed by atoms with E-state index in [0.29, 0.717) is 24.1 Å². The van der Waals surface area contributed by atoms with E-state index in [1.165, 1.54) is 0 Å². The highest BCUT2D eigenvalue weighted by Gasteiger charge is 2.30. The van der Waals surface area contributed by atoms with Gasteiger partial charge in [-0.05, 0) is 53.6 Å². The van der Waals surface area contributed by atoms with Crippen molar-refractivity contribution in [1.29, 1.82) is 0 Å². The van der Waals surface area contributed by atoms with Gasteiger partial charge in [0.05, 0.1) is 0 Å². The Morgan fingerprint density at radius 2 is 1.67 bits per heavy atom. The number of hydrogen-bond donors (Lipinski definition) is 1. The van der Waals surface area contributed by atoms with Crippen LogP contribution in [0.25, 0.3) is 22.3 Å². The zero-order valence-corrected chi connectivity index (χ0v) is 15.9. The number of benzene rings is 3. The molecule has 1 heterocycles. The Morgan fingerprint density at radius 1 is 0.963 bits per heavy atom. The normalized spacial score (nSPS) is 12.5. The van der Waals surface area contributed by atoms with Crippen molar-refractivity contribution in [3.05, 3.63) is 76.3 Å². The number of anilines is 1. The van der Waals surface area contributed by atoms with Gasteiger partial charge in [-0.3, -0.25) is 0 Å². The van der Waals surface area contributed by atoms with Gasteiger partial charge in [-0.25, -0.2) is 8.78 Å². The molecule has 3 heteroatoms. The third kappa shape index (κ3) is 2.82. The van der Waals surface area contributed by atoms with Crippen LogP contribution in [0.3, 0.4) is 0 Å². The van der Waals surface area contributed by atoms with Crippen molar-refractivity contribution in [2.45, 2.75) is 40.2 Å². The standard InChI is InChI=1S/C24H23F2N/c1-4-18-15(3)23-21(19-8-6-5-7-17(19)13-27-23)22(24(25)26)20(18)16-11-9-14(2)10-12-16/h5-12,24,27H,4,13H2,1-3H3. The molecule has 3 aromatic carbocycles.